The molecule has 1 aromatic rings. The summed E-state index contributed by atoms with van der Waals surface area (Å²) < 4.78 is 12.9. The lowest BCUT2D eigenvalue weighted by molar-refractivity contribution is 0.198. The van der Waals surface area contributed by atoms with Crippen LogP contribution in [0.2, 0.25) is 0 Å². The standard InChI is InChI=1S/C17H27FN4O/c1-2-19-17(20-9-12-23)21-16-7-10-22(11-8-16)13-14-3-5-15(18)6-4-14/h3-6,16,23H,2,7-13H2,1H3,(H2,19,20,21). The molecule has 0 aromatic heterocycles. The third-order valence-electron chi connectivity index (χ3n) is 3.96. The largest absolute Gasteiger partial charge is 0.394 e. The first kappa shape index (κ1) is 17.7. The summed E-state index contributed by atoms with van der Waals surface area (Å²) in [4.78, 5) is 6.71. The number of piperidine rings is 1. The molecule has 1 heterocycles. The van der Waals surface area contributed by atoms with Crippen LogP contribution >= 0.6 is 0 Å². The van der Waals surface area contributed by atoms with Crippen LogP contribution in [0.4, 0.5) is 4.39 Å². The minimum absolute atomic E-state index is 0.0622. The highest BCUT2D eigenvalue weighted by molar-refractivity contribution is 5.80. The lowest BCUT2D eigenvalue weighted by Crippen LogP contribution is -2.48. The Morgan fingerprint density at radius 3 is 2.61 bits per heavy atom. The first-order valence-corrected chi connectivity index (χ1v) is 8.33. The number of aliphatic hydroxyl groups is 1. The van der Waals surface area contributed by atoms with Crippen LogP contribution in [-0.2, 0) is 6.54 Å². The van der Waals surface area contributed by atoms with Crippen LogP contribution in [0.25, 0.3) is 0 Å². The number of hydrogen-bond donors (Lipinski definition) is 3. The van der Waals surface area contributed by atoms with Crippen molar-refractivity contribution in [3.63, 3.8) is 0 Å². The maximum atomic E-state index is 12.9. The fourth-order valence-electron chi connectivity index (χ4n) is 2.76. The summed E-state index contributed by atoms with van der Waals surface area (Å²) in [7, 11) is 0. The molecule has 1 aliphatic heterocycles. The van der Waals surface area contributed by atoms with Crippen molar-refractivity contribution in [2.45, 2.75) is 32.4 Å². The van der Waals surface area contributed by atoms with Gasteiger partial charge in [0.25, 0.3) is 0 Å². The Morgan fingerprint density at radius 2 is 2.00 bits per heavy atom. The lowest BCUT2D eigenvalue weighted by atomic mass is 10.0. The lowest BCUT2D eigenvalue weighted by Gasteiger charge is -2.33. The fraction of sp³-hybridized carbons (Fsp3) is 0.588. The van der Waals surface area contributed by atoms with Crippen molar-refractivity contribution in [3.8, 4) is 0 Å². The van der Waals surface area contributed by atoms with E-state index in [0.29, 0.717) is 12.6 Å². The van der Waals surface area contributed by atoms with E-state index in [1.54, 1.807) is 0 Å². The quantitative estimate of drug-likeness (QED) is 0.546. The minimum atomic E-state index is -0.185. The third kappa shape index (κ3) is 6.15. The number of guanidine groups is 1. The topological polar surface area (TPSA) is 59.9 Å². The Kier molecular flexibility index (Phi) is 7.29. The number of aliphatic imine (C=N–C) groups is 1. The van der Waals surface area contributed by atoms with Crippen molar-refractivity contribution in [1.29, 1.82) is 0 Å². The minimum Gasteiger partial charge on any atom is -0.394 e. The van der Waals surface area contributed by atoms with Crippen LogP contribution < -0.4 is 10.6 Å². The maximum Gasteiger partial charge on any atom is 0.191 e. The summed E-state index contributed by atoms with van der Waals surface area (Å²) in [5.41, 5.74) is 1.15. The number of likely N-dealkylation sites (tertiary alicyclic amines) is 1. The molecular formula is C17H27FN4O. The normalized spacial score (nSPS) is 17.3. The van der Waals surface area contributed by atoms with Gasteiger partial charge >= 0.3 is 0 Å². The van der Waals surface area contributed by atoms with E-state index < -0.39 is 0 Å². The smallest absolute Gasteiger partial charge is 0.191 e. The van der Waals surface area contributed by atoms with E-state index in [9.17, 15) is 4.39 Å². The molecular weight excluding hydrogens is 295 g/mol. The molecule has 128 valence electrons. The predicted octanol–water partition coefficient (Wildman–Crippen LogP) is 1.34. The molecule has 0 unspecified atom stereocenters. The molecule has 1 saturated heterocycles. The Bertz CT molecular complexity index is 484. The molecule has 2 rings (SSSR count). The molecule has 3 N–H and O–H groups in total. The first-order valence-electron chi connectivity index (χ1n) is 8.33. The number of aliphatic hydroxyl groups excluding tert-OH is 1. The van der Waals surface area contributed by atoms with Gasteiger partial charge in [0.2, 0.25) is 0 Å². The van der Waals surface area contributed by atoms with E-state index >= 15 is 0 Å². The van der Waals surface area contributed by atoms with Gasteiger partial charge in [-0.15, -0.1) is 0 Å². The number of nitrogens with one attached hydrogen (secondary N) is 2. The second-order valence-electron chi connectivity index (χ2n) is 5.81. The van der Waals surface area contributed by atoms with E-state index in [0.717, 1.165) is 50.5 Å². The molecule has 6 heteroatoms. The van der Waals surface area contributed by atoms with E-state index in [2.05, 4.69) is 20.5 Å². The van der Waals surface area contributed by atoms with Crippen LogP contribution in [0.15, 0.2) is 29.3 Å². The van der Waals surface area contributed by atoms with Gasteiger partial charge in [-0.25, -0.2) is 4.39 Å². The molecule has 0 radical (unpaired) electrons. The van der Waals surface area contributed by atoms with Crippen LogP contribution in [0.1, 0.15) is 25.3 Å². The molecule has 0 saturated carbocycles. The third-order valence-corrected chi connectivity index (χ3v) is 3.96. The molecule has 23 heavy (non-hydrogen) atoms. The summed E-state index contributed by atoms with van der Waals surface area (Å²) in [6.07, 6.45) is 2.09. The van der Waals surface area contributed by atoms with Gasteiger partial charge < -0.3 is 15.7 Å². The number of benzene rings is 1. The van der Waals surface area contributed by atoms with E-state index in [4.69, 9.17) is 5.11 Å². The zero-order chi connectivity index (χ0) is 16.5. The van der Waals surface area contributed by atoms with E-state index in [1.165, 1.54) is 12.1 Å². The average molecular weight is 322 g/mol. The van der Waals surface area contributed by atoms with E-state index in [-0.39, 0.29) is 12.4 Å². The Morgan fingerprint density at radius 1 is 1.30 bits per heavy atom. The summed E-state index contributed by atoms with van der Waals surface area (Å²) in [6, 6.07) is 7.14. The summed E-state index contributed by atoms with van der Waals surface area (Å²) in [5, 5.41) is 15.5. The average Bonchev–Trinajstić information content (AvgIpc) is 2.57. The fourth-order valence-corrected chi connectivity index (χ4v) is 2.76. The highest BCUT2D eigenvalue weighted by atomic mass is 19.1. The van der Waals surface area contributed by atoms with Crippen LogP contribution in [0.5, 0.6) is 0 Å². The van der Waals surface area contributed by atoms with Crippen LogP contribution in [0.3, 0.4) is 0 Å². The predicted molar refractivity (Wildman–Crippen MR) is 90.9 cm³/mol. The van der Waals surface area contributed by atoms with Gasteiger partial charge in [-0.3, -0.25) is 9.89 Å². The summed E-state index contributed by atoms with van der Waals surface area (Å²) >= 11 is 0. The number of rotatable bonds is 6. The molecule has 0 amide bonds. The molecule has 1 aliphatic rings. The van der Waals surface area contributed by atoms with Crippen molar-refractivity contribution in [3.05, 3.63) is 35.6 Å². The molecule has 0 spiro atoms. The highest BCUT2D eigenvalue weighted by Gasteiger charge is 2.20. The second-order valence-corrected chi connectivity index (χ2v) is 5.81. The van der Waals surface area contributed by atoms with Crippen molar-refractivity contribution >= 4 is 5.96 Å². The summed E-state index contributed by atoms with van der Waals surface area (Å²) in [5.74, 6) is 0.591. The molecule has 1 fully saturated rings. The zero-order valence-corrected chi connectivity index (χ0v) is 13.8. The van der Waals surface area contributed by atoms with Gasteiger partial charge in [-0.2, -0.15) is 0 Å². The molecule has 0 aliphatic carbocycles. The number of nitrogens with zero attached hydrogens (tertiary/aromatic N) is 2. The van der Waals surface area contributed by atoms with Gasteiger partial charge in [0, 0.05) is 32.2 Å². The SMILES string of the molecule is CCNC(=NCCO)NC1CCN(Cc2ccc(F)cc2)CC1. The summed E-state index contributed by atoms with van der Waals surface area (Å²) in [6.45, 7) is 6.20. The highest BCUT2D eigenvalue weighted by Crippen LogP contribution is 2.14. The van der Waals surface area contributed by atoms with Gasteiger partial charge in [0.1, 0.15) is 5.82 Å². The number of halogens is 1. The van der Waals surface area contributed by atoms with Crippen molar-refractivity contribution < 1.29 is 9.50 Å². The van der Waals surface area contributed by atoms with Gasteiger partial charge in [0.15, 0.2) is 5.96 Å². The van der Waals surface area contributed by atoms with Gasteiger partial charge in [0.05, 0.1) is 13.2 Å². The van der Waals surface area contributed by atoms with Crippen molar-refractivity contribution in [2.75, 3.05) is 32.8 Å². The van der Waals surface area contributed by atoms with Gasteiger partial charge in [-0.1, -0.05) is 12.1 Å². The molecule has 0 atom stereocenters. The van der Waals surface area contributed by atoms with Crippen LogP contribution in [0, 0.1) is 5.82 Å². The maximum absolute atomic E-state index is 12.9. The monoisotopic (exact) mass is 322 g/mol. The molecule has 1 aromatic carbocycles. The van der Waals surface area contributed by atoms with Crippen molar-refractivity contribution in [1.82, 2.24) is 15.5 Å². The molecule has 0 bridgehead atoms. The first-order chi connectivity index (χ1) is 11.2. The van der Waals surface area contributed by atoms with Crippen molar-refractivity contribution in [2.24, 2.45) is 4.99 Å². The second kappa shape index (κ2) is 9.47. The van der Waals surface area contributed by atoms with Crippen LogP contribution in [-0.4, -0.2) is 54.8 Å². The van der Waals surface area contributed by atoms with Gasteiger partial charge in [-0.05, 0) is 37.5 Å². The molecule has 5 nitrogen and oxygen atoms in total. The number of hydrogen-bond acceptors (Lipinski definition) is 3. The Labute approximate surface area is 137 Å². The van der Waals surface area contributed by atoms with E-state index in [1.807, 2.05) is 19.1 Å². The Hall–Kier alpha value is -1.66. The Balaban J connectivity index is 1.77. The zero-order valence-electron chi connectivity index (χ0n) is 13.8.